The maximum Gasteiger partial charge on any atom is 0.115 e. The fourth-order valence-electron chi connectivity index (χ4n) is 0.728. The largest absolute Gasteiger partial charge is 0.253 e. The van der Waals surface area contributed by atoms with Gasteiger partial charge in [0.15, 0.2) is 0 Å². The van der Waals surface area contributed by atoms with Crippen LogP contribution in [0.15, 0.2) is 29.2 Å². The quantitative estimate of drug-likeness (QED) is 0.731. The van der Waals surface area contributed by atoms with Crippen LogP contribution in [0.2, 0.25) is 5.02 Å². The van der Waals surface area contributed by atoms with Crippen molar-refractivity contribution in [2.75, 3.05) is 5.75 Å². The number of benzene rings is 1. The summed E-state index contributed by atoms with van der Waals surface area (Å²) in [5, 5.41) is 8.89. The smallest absolute Gasteiger partial charge is 0.115 e. The van der Waals surface area contributed by atoms with Crippen molar-refractivity contribution in [3.8, 4) is 6.07 Å². The Morgan fingerprint density at radius 2 is 2.00 bits per heavy atom. The molecule has 0 radical (unpaired) electrons. The monoisotopic (exact) mass is 199 g/mol. The summed E-state index contributed by atoms with van der Waals surface area (Å²) < 4.78 is 11.2. The molecule has 0 aliphatic carbocycles. The molecule has 0 aromatic heterocycles. The Bertz CT molecular complexity index is 328. The van der Waals surface area contributed by atoms with Gasteiger partial charge in [0.1, 0.15) is 5.75 Å². The van der Waals surface area contributed by atoms with Crippen LogP contribution in [-0.4, -0.2) is 9.96 Å². The lowest BCUT2D eigenvalue weighted by Gasteiger charge is -1.96. The van der Waals surface area contributed by atoms with Crippen molar-refractivity contribution in [2.24, 2.45) is 0 Å². The minimum absolute atomic E-state index is 0.0294. The normalized spacial score (nSPS) is 12.0. The molecule has 1 atom stereocenters. The average Bonchev–Trinajstić information content (AvgIpc) is 2.06. The van der Waals surface area contributed by atoms with E-state index in [1.807, 2.05) is 6.07 Å². The van der Waals surface area contributed by atoms with Crippen LogP contribution in [0.4, 0.5) is 0 Å². The van der Waals surface area contributed by atoms with Crippen molar-refractivity contribution < 1.29 is 4.21 Å². The van der Waals surface area contributed by atoms with Gasteiger partial charge in [0.05, 0.1) is 16.9 Å². The Labute approximate surface area is 78.2 Å². The molecule has 1 aromatic rings. The molecule has 0 amide bonds. The minimum Gasteiger partial charge on any atom is -0.253 e. The Kier molecular flexibility index (Phi) is 3.27. The molecule has 1 aromatic carbocycles. The van der Waals surface area contributed by atoms with Crippen molar-refractivity contribution >= 4 is 22.4 Å². The first-order valence-corrected chi connectivity index (χ1v) is 4.94. The van der Waals surface area contributed by atoms with Gasteiger partial charge in [-0.3, -0.25) is 4.21 Å². The molecule has 0 aliphatic heterocycles. The molecule has 12 heavy (non-hydrogen) atoms. The summed E-state index contributed by atoms with van der Waals surface area (Å²) in [6, 6.07) is 8.49. The van der Waals surface area contributed by atoms with E-state index >= 15 is 0 Å². The van der Waals surface area contributed by atoms with Crippen LogP contribution in [0.3, 0.4) is 0 Å². The van der Waals surface area contributed by atoms with Crippen LogP contribution in [0, 0.1) is 11.3 Å². The van der Waals surface area contributed by atoms with Crippen LogP contribution in [0.1, 0.15) is 0 Å². The molecule has 62 valence electrons. The molecule has 0 fully saturated rings. The first-order valence-electron chi connectivity index (χ1n) is 3.25. The molecule has 0 saturated heterocycles. The maximum absolute atomic E-state index is 11.2. The van der Waals surface area contributed by atoms with E-state index in [1.165, 1.54) is 0 Å². The van der Waals surface area contributed by atoms with Crippen molar-refractivity contribution in [1.82, 2.24) is 0 Å². The Balaban J connectivity index is 2.84. The first-order chi connectivity index (χ1) is 5.74. The van der Waals surface area contributed by atoms with E-state index in [1.54, 1.807) is 24.3 Å². The zero-order valence-electron chi connectivity index (χ0n) is 6.16. The van der Waals surface area contributed by atoms with Gasteiger partial charge < -0.3 is 0 Å². The fraction of sp³-hybridized carbons (Fsp3) is 0.125. The first kappa shape index (κ1) is 9.24. The standard InChI is InChI=1S/C8H6ClNOS/c9-7-1-3-8(4-2-7)12(11)6-5-10/h1-4H,6H2/t12-/m1/s1. The summed E-state index contributed by atoms with van der Waals surface area (Å²) in [4.78, 5) is 0.640. The molecular weight excluding hydrogens is 194 g/mol. The summed E-state index contributed by atoms with van der Waals surface area (Å²) in [5.41, 5.74) is 0. The number of nitriles is 1. The molecule has 0 unspecified atom stereocenters. The second-order valence-corrected chi connectivity index (χ2v) is 3.99. The van der Waals surface area contributed by atoms with Gasteiger partial charge in [-0.1, -0.05) is 11.6 Å². The van der Waals surface area contributed by atoms with Crippen LogP contribution in [0.25, 0.3) is 0 Å². The molecule has 1 rings (SSSR count). The number of hydrogen-bond donors (Lipinski definition) is 0. The van der Waals surface area contributed by atoms with Gasteiger partial charge >= 0.3 is 0 Å². The van der Waals surface area contributed by atoms with E-state index < -0.39 is 10.8 Å². The predicted octanol–water partition coefficient (Wildman–Crippen LogP) is 1.97. The van der Waals surface area contributed by atoms with Gasteiger partial charge in [-0.05, 0) is 24.3 Å². The van der Waals surface area contributed by atoms with Crippen molar-refractivity contribution in [2.45, 2.75) is 4.90 Å². The highest BCUT2D eigenvalue weighted by molar-refractivity contribution is 7.85. The van der Waals surface area contributed by atoms with E-state index in [4.69, 9.17) is 16.9 Å². The lowest BCUT2D eigenvalue weighted by Crippen LogP contribution is -1.94. The Hall–Kier alpha value is -0.850. The van der Waals surface area contributed by atoms with E-state index in [9.17, 15) is 4.21 Å². The molecule has 2 nitrogen and oxygen atoms in total. The van der Waals surface area contributed by atoms with Crippen LogP contribution >= 0.6 is 11.6 Å². The second kappa shape index (κ2) is 4.24. The van der Waals surface area contributed by atoms with Gasteiger partial charge in [-0.2, -0.15) is 5.26 Å². The highest BCUT2D eigenvalue weighted by Crippen LogP contribution is 2.12. The van der Waals surface area contributed by atoms with Crippen molar-refractivity contribution in [3.63, 3.8) is 0 Å². The number of halogens is 1. The molecule has 0 N–H and O–H groups in total. The van der Waals surface area contributed by atoms with E-state index in [0.717, 1.165) is 0 Å². The summed E-state index contributed by atoms with van der Waals surface area (Å²) in [6.07, 6.45) is 0. The number of rotatable bonds is 2. The third kappa shape index (κ3) is 2.33. The fourth-order valence-corrected chi connectivity index (χ4v) is 1.58. The molecular formula is C8H6ClNOS. The summed E-state index contributed by atoms with van der Waals surface area (Å²) in [7, 11) is -1.21. The maximum atomic E-state index is 11.2. The molecule has 4 heteroatoms. The summed E-state index contributed by atoms with van der Waals surface area (Å²) >= 11 is 5.63. The zero-order valence-corrected chi connectivity index (χ0v) is 7.73. The highest BCUT2D eigenvalue weighted by atomic mass is 35.5. The molecule has 0 spiro atoms. The lowest BCUT2D eigenvalue weighted by molar-refractivity contribution is 0.685. The molecule has 0 saturated carbocycles. The second-order valence-electron chi connectivity index (χ2n) is 2.10. The summed E-state index contributed by atoms with van der Waals surface area (Å²) in [5.74, 6) is 0.0294. The SMILES string of the molecule is N#CC[S@@](=O)c1ccc(Cl)cc1. The van der Waals surface area contributed by atoms with Crippen molar-refractivity contribution in [1.29, 1.82) is 5.26 Å². The number of hydrogen-bond acceptors (Lipinski definition) is 2. The van der Waals surface area contributed by atoms with E-state index in [0.29, 0.717) is 9.92 Å². The third-order valence-electron chi connectivity index (χ3n) is 1.27. The summed E-state index contributed by atoms with van der Waals surface area (Å²) in [6.45, 7) is 0. The molecule has 0 bridgehead atoms. The zero-order chi connectivity index (χ0) is 8.97. The topological polar surface area (TPSA) is 40.9 Å². The van der Waals surface area contributed by atoms with Crippen LogP contribution in [-0.2, 0) is 10.8 Å². The van der Waals surface area contributed by atoms with Gasteiger partial charge in [0.2, 0.25) is 0 Å². The van der Waals surface area contributed by atoms with Gasteiger partial charge in [-0.15, -0.1) is 0 Å². The van der Waals surface area contributed by atoms with Gasteiger partial charge in [-0.25, -0.2) is 0 Å². The van der Waals surface area contributed by atoms with Crippen molar-refractivity contribution in [3.05, 3.63) is 29.3 Å². The Morgan fingerprint density at radius 1 is 1.42 bits per heavy atom. The van der Waals surface area contributed by atoms with Crippen LogP contribution in [0.5, 0.6) is 0 Å². The third-order valence-corrected chi connectivity index (χ3v) is 2.71. The van der Waals surface area contributed by atoms with E-state index in [-0.39, 0.29) is 5.75 Å². The van der Waals surface area contributed by atoms with Gasteiger partial charge in [0, 0.05) is 9.92 Å². The predicted molar refractivity (Wildman–Crippen MR) is 48.3 cm³/mol. The highest BCUT2D eigenvalue weighted by Gasteiger charge is 2.01. The molecule has 0 aliphatic rings. The Morgan fingerprint density at radius 3 is 2.50 bits per heavy atom. The minimum atomic E-state index is -1.21. The van der Waals surface area contributed by atoms with E-state index in [2.05, 4.69) is 0 Å². The van der Waals surface area contributed by atoms with Crippen LogP contribution < -0.4 is 0 Å². The number of nitrogens with zero attached hydrogens (tertiary/aromatic N) is 1. The molecule has 0 heterocycles. The lowest BCUT2D eigenvalue weighted by atomic mass is 10.4. The van der Waals surface area contributed by atoms with Gasteiger partial charge in [0.25, 0.3) is 0 Å². The average molecular weight is 200 g/mol.